The molecule has 0 unspecified atom stereocenters. The van der Waals surface area contributed by atoms with E-state index in [1.54, 1.807) is 0 Å². The molecule has 2 aliphatic rings. The van der Waals surface area contributed by atoms with Crippen LogP contribution >= 0.6 is 0 Å². The number of ether oxygens (including phenoxy) is 1. The van der Waals surface area contributed by atoms with Crippen molar-refractivity contribution in [1.29, 1.82) is 0 Å². The average molecular weight is 660 g/mol. The van der Waals surface area contributed by atoms with Crippen LogP contribution in [-0.2, 0) is 34.8 Å². The maximum Gasteiger partial charge on any atom is 0.416 e. The minimum Gasteiger partial charge on any atom is -0.507 e. The Labute approximate surface area is 255 Å². The second-order valence-electron chi connectivity index (χ2n) is 11.1. The first-order valence-electron chi connectivity index (χ1n) is 13.8. The zero-order valence-corrected chi connectivity index (χ0v) is 23.8. The summed E-state index contributed by atoms with van der Waals surface area (Å²) in [6.45, 7) is -0.369. The Bertz CT molecular complexity index is 1640. The lowest BCUT2D eigenvalue weighted by molar-refractivity contribution is -0.143. The number of pyridine rings is 1. The Morgan fingerprint density at radius 2 is 1.61 bits per heavy atom. The first-order chi connectivity index (χ1) is 21.3. The monoisotopic (exact) mass is 659 g/mol. The van der Waals surface area contributed by atoms with Crippen molar-refractivity contribution in [3.8, 4) is 16.9 Å². The highest BCUT2D eigenvalue weighted by molar-refractivity contribution is 5.76. The Morgan fingerprint density at radius 1 is 0.978 bits per heavy atom. The predicted molar refractivity (Wildman–Crippen MR) is 145 cm³/mol. The summed E-state index contributed by atoms with van der Waals surface area (Å²) in [4.78, 5) is 30.8. The molecule has 2 atom stereocenters. The molecule has 2 N–H and O–H groups in total. The van der Waals surface area contributed by atoms with E-state index in [2.05, 4.69) is 4.98 Å². The number of nitrogens with zero attached hydrogens (tertiary/aromatic N) is 3. The number of anilines is 1. The van der Waals surface area contributed by atoms with Gasteiger partial charge < -0.3 is 19.8 Å². The number of halogens is 8. The van der Waals surface area contributed by atoms with Crippen molar-refractivity contribution in [2.45, 2.75) is 56.7 Å². The summed E-state index contributed by atoms with van der Waals surface area (Å²) in [5.41, 5.74) is -2.77. The van der Waals surface area contributed by atoms with Crippen LogP contribution in [0.25, 0.3) is 11.1 Å². The highest BCUT2D eigenvalue weighted by Crippen LogP contribution is 2.42. The fourth-order valence-corrected chi connectivity index (χ4v) is 5.38. The molecule has 16 heteroatoms. The van der Waals surface area contributed by atoms with Crippen molar-refractivity contribution in [2.24, 2.45) is 0 Å². The number of hydrogen-bond acceptors (Lipinski definition) is 6. The number of carbonyl (C=O) groups excluding carboxylic acids is 1. The quantitative estimate of drug-likeness (QED) is 0.250. The molecule has 3 aromatic rings. The van der Waals surface area contributed by atoms with Gasteiger partial charge in [-0.05, 0) is 66.9 Å². The number of aromatic hydroxyl groups is 1. The van der Waals surface area contributed by atoms with Crippen LogP contribution < -0.4 is 4.90 Å². The number of aromatic nitrogens is 1. The van der Waals surface area contributed by atoms with Crippen molar-refractivity contribution in [2.75, 3.05) is 18.0 Å². The third-order valence-corrected chi connectivity index (χ3v) is 7.76. The second-order valence-corrected chi connectivity index (χ2v) is 11.1. The van der Waals surface area contributed by atoms with Gasteiger partial charge in [-0.1, -0.05) is 6.07 Å². The van der Waals surface area contributed by atoms with Gasteiger partial charge in [0.05, 0.1) is 42.5 Å². The van der Waals surface area contributed by atoms with Gasteiger partial charge in [-0.3, -0.25) is 9.69 Å². The lowest BCUT2D eigenvalue weighted by Crippen LogP contribution is -2.56. The summed E-state index contributed by atoms with van der Waals surface area (Å²) in [6.07, 6.45) is -13.0. The number of cyclic esters (lactones) is 1. The zero-order chi connectivity index (χ0) is 33.8. The number of carboxylic acids is 1. The Morgan fingerprint density at radius 3 is 2.17 bits per heavy atom. The smallest absolute Gasteiger partial charge is 0.416 e. The number of carbonyl (C=O) groups is 2. The molecule has 2 aromatic carbocycles. The van der Waals surface area contributed by atoms with E-state index in [-0.39, 0.29) is 47.3 Å². The van der Waals surface area contributed by atoms with Crippen LogP contribution in [0.15, 0.2) is 48.5 Å². The molecule has 46 heavy (non-hydrogen) atoms. The first-order valence-corrected chi connectivity index (χ1v) is 13.8. The van der Waals surface area contributed by atoms with E-state index < -0.39 is 78.8 Å². The van der Waals surface area contributed by atoms with Crippen molar-refractivity contribution < 1.29 is 59.7 Å². The number of rotatable bonds is 8. The van der Waals surface area contributed by atoms with Crippen LogP contribution in [0.5, 0.6) is 5.75 Å². The summed E-state index contributed by atoms with van der Waals surface area (Å²) in [5.74, 6) is -4.19. The van der Waals surface area contributed by atoms with Crippen LogP contribution in [0.2, 0.25) is 0 Å². The fraction of sp³-hybridized carbons (Fsp3) is 0.367. The standard InChI is InChI=1S/C30H25F8N3O5/c1-15-26(17-9-18(29(33,34)35)11-19(10-17)30(36,37)38)46-27(45)41(15)12-22-20(4-6-24(39-22)40-13-28(31,32)14-40)21-8-16(2-5-23(21)42)3-7-25(43)44/h2,4-6,8-11,15,26,42H,3,7,12-14H2,1H3,(H,43,44)/t15-,26-/m0/s1. The van der Waals surface area contributed by atoms with E-state index in [4.69, 9.17) is 9.84 Å². The van der Waals surface area contributed by atoms with Gasteiger partial charge in [0, 0.05) is 17.5 Å². The summed E-state index contributed by atoms with van der Waals surface area (Å²) in [7, 11) is 0. The minimum absolute atomic E-state index is 0.0409. The first kappa shape index (κ1) is 32.8. The molecule has 246 valence electrons. The predicted octanol–water partition coefficient (Wildman–Crippen LogP) is 7.05. The van der Waals surface area contributed by atoms with E-state index in [9.17, 15) is 49.8 Å². The number of aliphatic carboxylic acids is 1. The van der Waals surface area contributed by atoms with E-state index >= 15 is 0 Å². The van der Waals surface area contributed by atoms with Crippen LogP contribution in [0.4, 0.5) is 45.7 Å². The summed E-state index contributed by atoms with van der Waals surface area (Å²) < 4.78 is 114. The molecule has 8 nitrogen and oxygen atoms in total. The van der Waals surface area contributed by atoms with E-state index in [1.165, 1.54) is 42.2 Å². The highest BCUT2D eigenvalue weighted by atomic mass is 19.4. The molecular formula is C30H25F8N3O5. The van der Waals surface area contributed by atoms with Gasteiger partial charge in [-0.2, -0.15) is 26.3 Å². The Kier molecular flexibility index (Phi) is 8.28. The third kappa shape index (κ3) is 6.79. The van der Waals surface area contributed by atoms with Crippen molar-refractivity contribution in [1.82, 2.24) is 9.88 Å². The van der Waals surface area contributed by atoms with Gasteiger partial charge in [0.25, 0.3) is 5.92 Å². The SMILES string of the molecule is C[C@H]1[C@@H](c2cc(C(F)(F)F)cc(C(F)(F)F)c2)OC(=O)N1Cc1nc(N2CC(F)(F)C2)ccc1-c1cc(CCC(=O)O)ccc1O. The van der Waals surface area contributed by atoms with E-state index in [0.29, 0.717) is 17.7 Å². The van der Waals surface area contributed by atoms with Gasteiger partial charge in [-0.25, -0.2) is 18.6 Å². The number of phenolic OH excluding ortho intramolecular Hbond substituents is 1. The second kappa shape index (κ2) is 11.6. The lowest BCUT2D eigenvalue weighted by Gasteiger charge is -2.39. The van der Waals surface area contributed by atoms with Crippen molar-refractivity contribution >= 4 is 17.9 Å². The molecule has 0 radical (unpaired) electrons. The van der Waals surface area contributed by atoms with Gasteiger partial charge in [0.15, 0.2) is 0 Å². The van der Waals surface area contributed by atoms with Gasteiger partial charge in [0.2, 0.25) is 0 Å². The van der Waals surface area contributed by atoms with Gasteiger partial charge in [0.1, 0.15) is 17.7 Å². The highest BCUT2D eigenvalue weighted by Gasteiger charge is 2.46. The van der Waals surface area contributed by atoms with Crippen LogP contribution in [0.3, 0.4) is 0 Å². The molecule has 2 aliphatic heterocycles. The zero-order valence-electron chi connectivity index (χ0n) is 23.8. The number of carboxylic acid groups (broad SMARTS) is 1. The van der Waals surface area contributed by atoms with Crippen molar-refractivity contribution in [3.05, 3.63) is 76.5 Å². The van der Waals surface area contributed by atoms with Crippen LogP contribution in [-0.4, -0.2) is 57.2 Å². The molecule has 5 rings (SSSR count). The molecule has 0 spiro atoms. The molecule has 1 amide bonds. The van der Waals surface area contributed by atoms with Gasteiger partial charge in [-0.15, -0.1) is 0 Å². The number of hydrogen-bond donors (Lipinski definition) is 2. The molecule has 0 saturated carbocycles. The maximum absolute atomic E-state index is 13.6. The normalized spacial score (nSPS) is 19.6. The number of alkyl halides is 8. The van der Waals surface area contributed by atoms with Crippen LogP contribution in [0.1, 0.15) is 47.4 Å². The lowest BCUT2D eigenvalue weighted by atomic mass is 9.96. The Balaban J connectivity index is 1.52. The molecule has 2 fully saturated rings. The average Bonchev–Trinajstić information content (AvgIpc) is 3.22. The molecule has 0 bridgehead atoms. The Hall–Kier alpha value is -4.63. The number of benzene rings is 2. The number of aryl methyl sites for hydroxylation is 1. The van der Waals surface area contributed by atoms with Crippen molar-refractivity contribution in [3.63, 3.8) is 0 Å². The summed E-state index contributed by atoms with van der Waals surface area (Å²) in [6, 6.07) is 6.95. The number of phenols is 1. The summed E-state index contributed by atoms with van der Waals surface area (Å²) in [5, 5.41) is 19.7. The van der Waals surface area contributed by atoms with E-state index in [0.717, 1.165) is 4.90 Å². The van der Waals surface area contributed by atoms with E-state index in [1.807, 2.05) is 0 Å². The molecule has 1 aromatic heterocycles. The topological polar surface area (TPSA) is 103 Å². The number of amides is 1. The van der Waals surface area contributed by atoms with Crippen LogP contribution in [0, 0.1) is 0 Å². The molecule has 3 heterocycles. The molecular weight excluding hydrogens is 634 g/mol. The maximum atomic E-state index is 13.6. The fourth-order valence-electron chi connectivity index (χ4n) is 5.38. The third-order valence-electron chi connectivity index (χ3n) is 7.76. The minimum atomic E-state index is -5.13. The summed E-state index contributed by atoms with van der Waals surface area (Å²) >= 11 is 0. The largest absolute Gasteiger partial charge is 0.507 e. The molecule has 0 aliphatic carbocycles. The molecule has 2 saturated heterocycles. The van der Waals surface area contributed by atoms with Gasteiger partial charge >= 0.3 is 24.4 Å².